The Labute approximate surface area is 87.2 Å². The van der Waals surface area contributed by atoms with E-state index in [9.17, 15) is 0 Å². The number of rotatable bonds is 4. The Bertz CT molecular complexity index is 378. The first-order chi connectivity index (χ1) is 6.90. The lowest BCUT2D eigenvalue weighted by Crippen LogP contribution is -2.00. The highest BCUT2D eigenvalue weighted by atomic mass is 32.1. The van der Waals surface area contributed by atoms with Gasteiger partial charge < -0.3 is 10.3 Å². The summed E-state index contributed by atoms with van der Waals surface area (Å²) >= 11 is 1.79. The number of hydrogen-bond acceptors (Lipinski definition) is 3. The third kappa shape index (κ3) is 1.96. The van der Waals surface area contributed by atoms with Gasteiger partial charge in [0.25, 0.3) is 0 Å². The molecule has 2 aromatic rings. The maximum absolute atomic E-state index is 4.11. The van der Waals surface area contributed by atoms with E-state index in [2.05, 4.69) is 33.7 Å². The molecule has 0 aliphatic carbocycles. The maximum atomic E-state index is 4.11. The molecule has 0 fully saturated rings. The van der Waals surface area contributed by atoms with Gasteiger partial charge in [0.2, 0.25) is 0 Å². The van der Waals surface area contributed by atoms with Crippen molar-refractivity contribution in [2.24, 2.45) is 0 Å². The fourth-order valence-electron chi connectivity index (χ4n) is 1.36. The molecule has 0 unspecified atom stereocenters. The van der Waals surface area contributed by atoms with Crippen molar-refractivity contribution in [2.75, 3.05) is 5.32 Å². The molecule has 2 rings (SSSR count). The number of hydrogen-bond donors (Lipinski definition) is 2. The summed E-state index contributed by atoms with van der Waals surface area (Å²) < 4.78 is 0. The molecule has 0 radical (unpaired) electrons. The average Bonchev–Trinajstić information content (AvgIpc) is 2.85. The zero-order valence-electron chi connectivity index (χ0n) is 8.08. The molecule has 0 aliphatic heterocycles. The summed E-state index contributed by atoms with van der Waals surface area (Å²) in [6.45, 7) is 3.03. The van der Waals surface area contributed by atoms with E-state index in [0.717, 1.165) is 18.9 Å². The lowest BCUT2D eigenvalue weighted by Gasteiger charge is -2.02. The van der Waals surface area contributed by atoms with E-state index in [1.54, 1.807) is 17.5 Å². The van der Waals surface area contributed by atoms with E-state index in [1.165, 1.54) is 10.4 Å². The molecule has 2 N–H and O–H groups in total. The van der Waals surface area contributed by atoms with Crippen LogP contribution in [0.3, 0.4) is 0 Å². The van der Waals surface area contributed by atoms with Crippen molar-refractivity contribution in [1.82, 2.24) is 9.97 Å². The summed E-state index contributed by atoms with van der Waals surface area (Å²) in [6, 6.07) is 2.18. The molecule has 0 spiro atoms. The normalized spacial score (nSPS) is 10.4. The van der Waals surface area contributed by atoms with Gasteiger partial charge in [0.05, 0.1) is 6.54 Å². The second kappa shape index (κ2) is 4.28. The predicted octanol–water partition coefficient (Wildman–Crippen LogP) is 2.65. The summed E-state index contributed by atoms with van der Waals surface area (Å²) in [5.74, 6) is 0.834. The minimum Gasteiger partial charge on any atom is -0.351 e. The summed E-state index contributed by atoms with van der Waals surface area (Å²) in [6.07, 6.45) is 4.66. The highest BCUT2D eigenvalue weighted by Crippen LogP contribution is 2.18. The molecular formula is C10H13N3S. The van der Waals surface area contributed by atoms with E-state index in [1.807, 2.05) is 6.20 Å². The first-order valence-electron chi connectivity index (χ1n) is 4.68. The van der Waals surface area contributed by atoms with Crippen LogP contribution in [0.15, 0.2) is 23.8 Å². The maximum Gasteiger partial charge on any atom is 0.200 e. The quantitative estimate of drug-likeness (QED) is 0.809. The Morgan fingerprint density at radius 2 is 2.50 bits per heavy atom. The fourth-order valence-corrected chi connectivity index (χ4v) is 2.28. The molecule has 0 saturated heterocycles. The molecule has 4 heteroatoms. The van der Waals surface area contributed by atoms with Crippen molar-refractivity contribution in [3.8, 4) is 0 Å². The van der Waals surface area contributed by atoms with Crippen LogP contribution >= 0.6 is 11.3 Å². The van der Waals surface area contributed by atoms with E-state index in [0.29, 0.717) is 0 Å². The number of aromatic amines is 1. The molecule has 0 bridgehead atoms. The summed E-state index contributed by atoms with van der Waals surface area (Å²) in [7, 11) is 0. The van der Waals surface area contributed by atoms with Gasteiger partial charge >= 0.3 is 0 Å². The number of nitrogens with zero attached hydrogens (tertiary/aromatic N) is 1. The lowest BCUT2D eigenvalue weighted by atomic mass is 10.2. The van der Waals surface area contributed by atoms with Crippen molar-refractivity contribution in [1.29, 1.82) is 0 Å². The van der Waals surface area contributed by atoms with E-state index in [-0.39, 0.29) is 0 Å². The van der Waals surface area contributed by atoms with Crippen LogP contribution in [0.1, 0.15) is 17.4 Å². The third-order valence-corrected chi connectivity index (χ3v) is 3.10. The molecular weight excluding hydrogens is 194 g/mol. The average molecular weight is 207 g/mol. The molecule has 3 nitrogen and oxygen atoms in total. The molecule has 14 heavy (non-hydrogen) atoms. The topological polar surface area (TPSA) is 40.7 Å². The molecule has 74 valence electrons. The molecule has 2 aromatic heterocycles. The molecule has 0 amide bonds. The lowest BCUT2D eigenvalue weighted by molar-refractivity contribution is 1.06. The Balaban J connectivity index is 1.98. The number of nitrogens with one attached hydrogen (secondary N) is 2. The van der Waals surface area contributed by atoms with Crippen LogP contribution in [0.5, 0.6) is 0 Å². The first kappa shape index (κ1) is 9.27. The molecule has 0 aromatic carbocycles. The molecule has 0 aliphatic rings. The molecule has 0 saturated carbocycles. The number of anilines is 1. The first-order valence-corrected chi connectivity index (χ1v) is 5.56. The highest BCUT2D eigenvalue weighted by molar-refractivity contribution is 7.10. The summed E-state index contributed by atoms with van der Waals surface area (Å²) in [5, 5.41) is 5.38. The van der Waals surface area contributed by atoms with E-state index in [4.69, 9.17) is 0 Å². The van der Waals surface area contributed by atoms with E-state index < -0.39 is 0 Å². The Morgan fingerprint density at radius 3 is 3.21 bits per heavy atom. The van der Waals surface area contributed by atoms with Gasteiger partial charge in [0.1, 0.15) is 0 Å². The van der Waals surface area contributed by atoms with E-state index >= 15 is 0 Å². The van der Waals surface area contributed by atoms with Crippen molar-refractivity contribution in [3.05, 3.63) is 34.3 Å². The molecule has 0 atom stereocenters. The van der Waals surface area contributed by atoms with Gasteiger partial charge in [-0.3, -0.25) is 0 Å². The van der Waals surface area contributed by atoms with Gasteiger partial charge in [0.15, 0.2) is 5.95 Å². The largest absolute Gasteiger partial charge is 0.351 e. The van der Waals surface area contributed by atoms with Crippen LogP contribution in [0, 0.1) is 0 Å². The van der Waals surface area contributed by atoms with Crippen LogP contribution in [0.4, 0.5) is 5.95 Å². The van der Waals surface area contributed by atoms with Crippen LogP contribution in [0.25, 0.3) is 0 Å². The second-order valence-corrected chi connectivity index (χ2v) is 4.01. The van der Waals surface area contributed by atoms with Crippen LogP contribution in [-0.2, 0) is 13.0 Å². The Morgan fingerprint density at radius 1 is 1.57 bits per heavy atom. The molecule has 2 heterocycles. The minimum atomic E-state index is 0.834. The zero-order chi connectivity index (χ0) is 9.80. The fraction of sp³-hybridized carbons (Fsp3) is 0.300. The number of H-pyrrole nitrogens is 1. The van der Waals surface area contributed by atoms with Gasteiger partial charge in [-0.2, -0.15) is 0 Å². The number of aromatic nitrogens is 2. The van der Waals surface area contributed by atoms with Crippen LogP contribution in [0.2, 0.25) is 0 Å². The van der Waals surface area contributed by atoms with Crippen molar-refractivity contribution in [2.45, 2.75) is 19.9 Å². The van der Waals surface area contributed by atoms with Crippen molar-refractivity contribution < 1.29 is 0 Å². The zero-order valence-corrected chi connectivity index (χ0v) is 8.90. The Hall–Kier alpha value is -1.29. The smallest absolute Gasteiger partial charge is 0.200 e. The van der Waals surface area contributed by atoms with Crippen molar-refractivity contribution in [3.63, 3.8) is 0 Å². The van der Waals surface area contributed by atoms with Gasteiger partial charge in [-0.1, -0.05) is 6.92 Å². The summed E-state index contributed by atoms with van der Waals surface area (Å²) in [4.78, 5) is 8.52. The Kier molecular flexibility index (Phi) is 2.84. The van der Waals surface area contributed by atoms with Crippen LogP contribution in [-0.4, -0.2) is 9.97 Å². The SMILES string of the molecule is CCc1ccsc1CNc1ncc[nH]1. The van der Waals surface area contributed by atoms with Gasteiger partial charge in [-0.15, -0.1) is 11.3 Å². The number of imidazole rings is 1. The number of aryl methyl sites for hydroxylation is 1. The summed E-state index contributed by atoms with van der Waals surface area (Å²) in [5.41, 5.74) is 1.43. The second-order valence-electron chi connectivity index (χ2n) is 3.01. The third-order valence-electron chi connectivity index (χ3n) is 2.13. The van der Waals surface area contributed by atoms with Gasteiger partial charge in [0, 0.05) is 17.3 Å². The van der Waals surface area contributed by atoms with Gasteiger partial charge in [-0.05, 0) is 23.4 Å². The standard InChI is InChI=1S/C10H13N3S/c1-2-8-3-6-14-9(8)7-13-10-11-4-5-12-10/h3-6H,2,7H2,1H3,(H2,11,12,13). The van der Waals surface area contributed by atoms with Crippen molar-refractivity contribution >= 4 is 17.3 Å². The number of thiophene rings is 1. The monoisotopic (exact) mass is 207 g/mol. The predicted molar refractivity (Wildman–Crippen MR) is 59.6 cm³/mol. The van der Waals surface area contributed by atoms with Gasteiger partial charge in [-0.25, -0.2) is 4.98 Å². The highest BCUT2D eigenvalue weighted by Gasteiger charge is 2.02. The minimum absolute atomic E-state index is 0.834. The van der Waals surface area contributed by atoms with Crippen LogP contribution < -0.4 is 5.32 Å².